The van der Waals surface area contributed by atoms with Crippen molar-refractivity contribution in [1.82, 2.24) is 14.6 Å². The Labute approximate surface area is 174 Å². The molecular weight excluding hydrogens is 360 g/mol. The Bertz CT molecular complexity index is 840. The smallest absolute Gasteiger partial charge is 0.252 e. The van der Waals surface area contributed by atoms with E-state index in [-0.39, 0.29) is 5.91 Å². The molecule has 0 spiro atoms. The van der Waals surface area contributed by atoms with E-state index in [0.29, 0.717) is 6.04 Å². The first-order valence-electron chi connectivity index (χ1n) is 11.7. The Kier molecular flexibility index (Phi) is 5.49. The maximum atomic E-state index is 12.9. The number of pyridine rings is 1. The van der Waals surface area contributed by atoms with E-state index in [2.05, 4.69) is 37.7 Å². The first-order valence-corrected chi connectivity index (χ1v) is 11.7. The van der Waals surface area contributed by atoms with Gasteiger partial charge in [0.15, 0.2) is 0 Å². The van der Waals surface area contributed by atoms with Crippen LogP contribution in [0.1, 0.15) is 61.7 Å². The predicted molar refractivity (Wildman–Crippen MR) is 118 cm³/mol. The van der Waals surface area contributed by atoms with E-state index in [1.54, 1.807) is 0 Å². The fourth-order valence-corrected chi connectivity index (χ4v) is 5.00. The lowest BCUT2D eigenvalue weighted by atomic mass is 10.1. The molecule has 3 fully saturated rings. The van der Waals surface area contributed by atoms with Gasteiger partial charge in [0.1, 0.15) is 5.82 Å². The number of aromatic nitrogens is 1. The Morgan fingerprint density at radius 2 is 1.62 bits per heavy atom. The molecule has 0 radical (unpaired) electrons. The maximum absolute atomic E-state index is 12.9. The van der Waals surface area contributed by atoms with E-state index >= 15 is 0 Å². The van der Waals surface area contributed by atoms with Crippen molar-refractivity contribution in [1.29, 1.82) is 0 Å². The van der Waals surface area contributed by atoms with Crippen molar-refractivity contribution in [2.24, 2.45) is 5.92 Å². The van der Waals surface area contributed by atoms with Gasteiger partial charge in [0.05, 0.1) is 5.56 Å². The number of nitrogens with one attached hydrogen (secondary N) is 1. The van der Waals surface area contributed by atoms with Crippen molar-refractivity contribution < 1.29 is 4.79 Å². The lowest BCUT2D eigenvalue weighted by Gasteiger charge is -2.35. The zero-order chi connectivity index (χ0) is 19.6. The molecule has 1 amide bonds. The zero-order valence-corrected chi connectivity index (χ0v) is 17.5. The van der Waals surface area contributed by atoms with Crippen LogP contribution in [0.15, 0.2) is 30.5 Å². The molecule has 29 heavy (non-hydrogen) atoms. The van der Waals surface area contributed by atoms with Crippen molar-refractivity contribution in [3.8, 4) is 0 Å². The summed E-state index contributed by atoms with van der Waals surface area (Å²) in [7, 11) is 0. The fraction of sp³-hybridized carbons (Fsp3) is 0.625. The summed E-state index contributed by atoms with van der Waals surface area (Å²) >= 11 is 0. The Morgan fingerprint density at radius 3 is 2.34 bits per heavy atom. The van der Waals surface area contributed by atoms with Gasteiger partial charge in [-0.3, -0.25) is 9.69 Å². The first kappa shape index (κ1) is 19.0. The van der Waals surface area contributed by atoms with Crippen LogP contribution in [0.2, 0.25) is 0 Å². The van der Waals surface area contributed by atoms with Crippen LogP contribution in [0.25, 0.3) is 5.52 Å². The number of anilines is 1. The molecule has 1 aliphatic heterocycles. The number of carbonyl (C=O) groups is 1. The minimum Gasteiger partial charge on any atom is -0.355 e. The summed E-state index contributed by atoms with van der Waals surface area (Å²) in [6.45, 7) is 5.71. The second kappa shape index (κ2) is 8.39. The number of hydrogen-bond acceptors (Lipinski definition) is 3. The van der Waals surface area contributed by atoms with Crippen molar-refractivity contribution in [2.75, 3.05) is 37.6 Å². The van der Waals surface area contributed by atoms with Gasteiger partial charge in [-0.2, -0.15) is 0 Å². The Morgan fingerprint density at radius 1 is 0.897 bits per heavy atom. The quantitative estimate of drug-likeness (QED) is 0.782. The van der Waals surface area contributed by atoms with Gasteiger partial charge >= 0.3 is 0 Å². The summed E-state index contributed by atoms with van der Waals surface area (Å²) in [6, 6.07) is 8.76. The van der Waals surface area contributed by atoms with Gasteiger partial charge in [-0.1, -0.05) is 25.7 Å². The molecule has 2 saturated carbocycles. The molecule has 1 N–H and O–H groups in total. The average molecular weight is 395 g/mol. The number of amides is 1. The highest BCUT2D eigenvalue weighted by molar-refractivity contribution is 5.94. The van der Waals surface area contributed by atoms with E-state index in [1.807, 2.05) is 12.3 Å². The van der Waals surface area contributed by atoms with Gasteiger partial charge < -0.3 is 14.6 Å². The van der Waals surface area contributed by atoms with E-state index < -0.39 is 0 Å². The summed E-state index contributed by atoms with van der Waals surface area (Å²) in [6.07, 6.45) is 12.2. The third-order valence-electron chi connectivity index (χ3n) is 6.99. The highest BCUT2D eigenvalue weighted by Gasteiger charge is 2.27. The molecule has 156 valence electrons. The second-order valence-electron chi connectivity index (χ2n) is 9.30. The van der Waals surface area contributed by atoms with Crippen LogP contribution < -0.4 is 10.2 Å². The van der Waals surface area contributed by atoms with Gasteiger partial charge in [-0.15, -0.1) is 0 Å². The lowest BCUT2D eigenvalue weighted by molar-refractivity contribution is 0.0933. The summed E-state index contributed by atoms with van der Waals surface area (Å²) in [5.41, 5.74) is 1.93. The fourth-order valence-electron chi connectivity index (χ4n) is 5.00. The van der Waals surface area contributed by atoms with Gasteiger partial charge in [-0.25, -0.2) is 0 Å². The van der Waals surface area contributed by atoms with Crippen molar-refractivity contribution >= 4 is 17.2 Å². The summed E-state index contributed by atoms with van der Waals surface area (Å²) < 4.78 is 2.21. The molecule has 0 aromatic carbocycles. The minimum atomic E-state index is 0.0766. The monoisotopic (exact) mass is 394 g/mol. The average Bonchev–Trinajstić information content (AvgIpc) is 3.51. The molecular formula is C24H34N4O. The van der Waals surface area contributed by atoms with Gasteiger partial charge in [0, 0.05) is 50.5 Å². The molecule has 2 aromatic rings. The van der Waals surface area contributed by atoms with Crippen LogP contribution in [0, 0.1) is 5.92 Å². The third-order valence-corrected chi connectivity index (χ3v) is 6.99. The molecule has 2 aromatic heterocycles. The molecule has 5 nitrogen and oxygen atoms in total. The van der Waals surface area contributed by atoms with E-state index in [9.17, 15) is 4.79 Å². The number of carbonyl (C=O) groups excluding carboxylic acids is 1. The second-order valence-corrected chi connectivity index (χ2v) is 9.30. The van der Waals surface area contributed by atoms with Crippen LogP contribution in [0.3, 0.4) is 0 Å². The van der Waals surface area contributed by atoms with Crippen molar-refractivity contribution in [2.45, 2.75) is 57.4 Å². The lowest BCUT2D eigenvalue weighted by Crippen LogP contribution is -2.47. The van der Waals surface area contributed by atoms with Gasteiger partial charge in [0.25, 0.3) is 5.91 Å². The van der Waals surface area contributed by atoms with Gasteiger partial charge in [-0.05, 0) is 55.9 Å². The summed E-state index contributed by atoms with van der Waals surface area (Å²) in [4.78, 5) is 18.0. The van der Waals surface area contributed by atoms with Gasteiger partial charge in [0.2, 0.25) is 0 Å². The minimum absolute atomic E-state index is 0.0766. The molecule has 3 aliphatic rings. The number of piperazine rings is 1. The molecule has 0 atom stereocenters. The normalized spacial score (nSPS) is 22.0. The number of hydrogen-bond donors (Lipinski definition) is 1. The SMILES string of the molecule is O=C(NC1CCCCCC1)c1ccc2ccc(N3CCN(CC4CC4)CC3)n2c1. The van der Waals surface area contributed by atoms with Crippen molar-refractivity contribution in [3.63, 3.8) is 0 Å². The summed E-state index contributed by atoms with van der Waals surface area (Å²) in [5.74, 6) is 2.26. The molecule has 5 rings (SSSR count). The number of nitrogens with zero attached hydrogens (tertiary/aromatic N) is 3. The number of fused-ring (bicyclic) bond motifs is 1. The van der Waals surface area contributed by atoms with E-state index in [4.69, 9.17) is 0 Å². The first-order chi connectivity index (χ1) is 14.3. The van der Waals surface area contributed by atoms with Crippen molar-refractivity contribution in [3.05, 3.63) is 36.0 Å². The van der Waals surface area contributed by atoms with E-state index in [0.717, 1.165) is 56.0 Å². The van der Waals surface area contributed by atoms with Crippen LogP contribution in [-0.4, -0.2) is 54.0 Å². The standard InChI is InChI=1S/C24H34N4O/c29-24(25-21-5-3-1-2-4-6-21)20-9-10-22-11-12-23(28(22)18-20)27-15-13-26(14-16-27)17-19-7-8-19/h9-12,18-19,21H,1-8,13-17H2,(H,25,29). The molecule has 0 unspecified atom stereocenters. The van der Waals surface area contributed by atoms with Crippen LogP contribution in [-0.2, 0) is 0 Å². The third kappa shape index (κ3) is 4.45. The molecule has 3 heterocycles. The Balaban J connectivity index is 1.27. The van der Waals surface area contributed by atoms with Crippen LogP contribution in [0.5, 0.6) is 0 Å². The number of rotatable bonds is 5. The Hall–Kier alpha value is -2.01. The maximum Gasteiger partial charge on any atom is 0.252 e. The molecule has 2 aliphatic carbocycles. The molecule has 0 bridgehead atoms. The highest BCUT2D eigenvalue weighted by Crippen LogP contribution is 2.30. The molecule has 5 heteroatoms. The highest BCUT2D eigenvalue weighted by atomic mass is 16.1. The van der Waals surface area contributed by atoms with E-state index in [1.165, 1.54) is 50.9 Å². The molecule has 1 saturated heterocycles. The summed E-state index contributed by atoms with van der Waals surface area (Å²) in [5, 5.41) is 3.29. The topological polar surface area (TPSA) is 40.0 Å². The largest absolute Gasteiger partial charge is 0.355 e. The van der Waals surface area contributed by atoms with Crippen LogP contribution in [0.4, 0.5) is 5.82 Å². The zero-order valence-electron chi connectivity index (χ0n) is 17.5. The predicted octanol–water partition coefficient (Wildman–Crippen LogP) is 3.92. The van der Waals surface area contributed by atoms with Crippen LogP contribution >= 0.6 is 0 Å².